The van der Waals surface area contributed by atoms with E-state index in [1.54, 1.807) is 36.7 Å². The van der Waals surface area contributed by atoms with E-state index in [4.69, 9.17) is 9.72 Å². The van der Waals surface area contributed by atoms with E-state index in [0.717, 1.165) is 54.6 Å². The van der Waals surface area contributed by atoms with Crippen LogP contribution in [0.4, 0.5) is 10.3 Å². The van der Waals surface area contributed by atoms with Gasteiger partial charge in [-0.15, -0.1) is 11.3 Å². The van der Waals surface area contributed by atoms with Gasteiger partial charge in [0.2, 0.25) is 5.95 Å². The van der Waals surface area contributed by atoms with E-state index in [0.29, 0.717) is 11.5 Å². The van der Waals surface area contributed by atoms with Gasteiger partial charge in [-0.25, -0.2) is 19.3 Å². The van der Waals surface area contributed by atoms with Crippen LogP contribution in [-0.4, -0.2) is 41.3 Å². The van der Waals surface area contributed by atoms with Crippen molar-refractivity contribution in [3.05, 3.63) is 63.6 Å². The Morgan fingerprint density at radius 2 is 2.03 bits per heavy atom. The number of aliphatic imine (C=N–C) groups is 1. The van der Waals surface area contributed by atoms with Gasteiger partial charge >= 0.3 is 0 Å². The molecule has 0 aliphatic carbocycles. The van der Waals surface area contributed by atoms with Gasteiger partial charge in [0, 0.05) is 50.0 Å². The van der Waals surface area contributed by atoms with Crippen molar-refractivity contribution in [3.8, 4) is 5.75 Å². The highest BCUT2D eigenvalue weighted by atomic mass is 32.1. The number of hydrogen-bond acceptors (Lipinski definition) is 7. The number of aromatic nitrogens is 3. The summed E-state index contributed by atoms with van der Waals surface area (Å²) in [6.07, 6.45) is 8.41. The molecule has 3 aromatic rings. The van der Waals surface area contributed by atoms with E-state index in [9.17, 15) is 4.39 Å². The van der Waals surface area contributed by atoms with E-state index < -0.39 is 5.82 Å². The lowest BCUT2D eigenvalue weighted by molar-refractivity contribution is 0.286. The molecule has 0 bridgehead atoms. The fraction of sp³-hybridized carbons (Fsp3) is 0.391. The number of benzene rings is 1. The molecule has 8 heteroatoms. The first-order chi connectivity index (χ1) is 15.2. The van der Waals surface area contributed by atoms with Crippen LogP contribution in [0.25, 0.3) is 0 Å². The number of hydrogen-bond donors (Lipinski definition) is 0. The number of rotatable bonds is 7. The van der Waals surface area contributed by atoms with Crippen LogP contribution in [0.15, 0.2) is 41.0 Å². The highest BCUT2D eigenvalue weighted by molar-refractivity contribution is 7.09. The molecule has 1 aliphatic heterocycles. The number of aryl methyl sites for hydroxylation is 1. The van der Waals surface area contributed by atoms with Crippen molar-refractivity contribution in [2.24, 2.45) is 4.99 Å². The molecule has 31 heavy (non-hydrogen) atoms. The summed E-state index contributed by atoms with van der Waals surface area (Å²) in [6, 6.07) is 4.83. The Kier molecular flexibility index (Phi) is 6.86. The molecule has 0 saturated carbocycles. The van der Waals surface area contributed by atoms with Gasteiger partial charge in [-0.05, 0) is 48.6 Å². The van der Waals surface area contributed by atoms with Crippen LogP contribution < -0.4 is 9.64 Å². The molecule has 0 atom stereocenters. The third-order valence-corrected chi connectivity index (χ3v) is 6.46. The third kappa shape index (κ3) is 5.25. The quantitative estimate of drug-likeness (QED) is 0.502. The maximum atomic E-state index is 14.2. The largest absolute Gasteiger partial charge is 0.484 e. The topological polar surface area (TPSA) is 63.5 Å². The van der Waals surface area contributed by atoms with Crippen molar-refractivity contribution in [3.63, 3.8) is 0 Å². The van der Waals surface area contributed by atoms with Gasteiger partial charge in [0.05, 0.1) is 10.7 Å². The van der Waals surface area contributed by atoms with Gasteiger partial charge in [0.15, 0.2) is 11.6 Å². The second-order valence-corrected chi connectivity index (χ2v) is 8.44. The lowest BCUT2D eigenvalue weighted by Gasteiger charge is -2.31. The van der Waals surface area contributed by atoms with E-state index >= 15 is 0 Å². The van der Waals surface area contributed by atoms with Gasteiger partial charge in [0.1, 0.15) is 6.61 Å². The summed E-state index contributed by atoms with van der Waals surface area (Å²) < 4.78 is 19.8. The van der Waals surface area contributed by atoms with Crippen molar-refractivity contribution in [2.45, 2.75) is 38.7 Å². The Balaban J connectivity index is 1.31. The second-order valence-electron chi connectivity index (χ2n) is 7.55. The number of thiazole rings is 1. The molecule has 2 aromatic heterocycles. The van der Waals surface area contributed by atoms with Crippen molar-refractivity contribution < 1.29 is 9.13 Å². The minimum Gasteiger partial charge on any atom is -0.484 e. The Morgan fingerprint density at radius 1 is 1.26 bits per heavy atom. The average Bonchev–Trinajstić information content (AvgIpc) is 3.28. The summed E-state index contributed by atoms with van der Waals surface area (Å²) in [7, 11) is 1.66. The van der Waals surface area contributed by atoms with Crippen LogP contribution in [0, 0.1) is 5.82 Å². The first kappa shape index (κ1) is 21.4. The standard InChI is InChI=1S/C23H26FN5OS/c1-3-16-12-26-23(27-13-16)29-8-6-18(7-9-29)22-28-19(15-31-22)14-30-21-5-4-17(11-25-2)10-20(21)24/h4-5,10-13,15,18H,3,6-9,14H2,1-2H3. The minimum absolute atomic E-state index is 0.227. The minimum atomic E-state index is -0.394. The monoisotopic (exact) mass is 439 g/mol. The van der Waals surface area contributed by atoms with E-state index in [2.05, 4.69) is 26.8 Å². The van der Waals surface area contributed by atoms with Gasteiger partial charge in [0.25, 0.3) is 0 Å². The van der Waals surface area contributed by atoms with Crippen molar-refractivity contribution in [1.29, 1.82) is 0 Å². The summed E-state index contributed by atoms with van der Waals surface area (Å²) in [6.45, 7) is 4.19. The maximum absolute atomic E-state index is 14.2. The summed E-state index contributed by atoms with van der Waals surface area (Å²) in [5.74, 6) is 1.07. The number of anilines is 1. The molecule has 0 unspecified atom stereocenters. The summed E-state index contributed by atoms with van der Waals surface area (Å²) >= 11 is 1.65. The van der Waals surface area contributed by atoms with Crippen LogP contribution in [0.3, 0.4) is 0 Å². The number of nitrogens with zero attached hydrogens (tertiary/aromatic N) is 5. The van der Waals surface area contributed by atoms with Gasteiger partial charge in [-0.1, -0.05) is 6.92 Å². The smallest absolute Gasteiger partial charge is 0.225 e. The van der Waals surface area contributed by atoms with Crippen LogP contribution in [0.1, 0.15) is 47.5 Å². The Hall–Kier alpha value is -2.87. The predicted octanol–water partition coefficient (Wildman–Crippen LogP) is 4.65. The van der Waals surface area contributed by atoms with Crippen molar-refractivity contribution in [1.82, 2.24) is 15.0 Å². The van der Waals surface area contributed by atoms with Gasteiger partial charge < -0.3 is 9.64 Å². The molecule has 1 aromatic carbocycles. The van der Waals surface area contributed by atoms with Crippen LogP contribution in [-0.2, 0) is 13.0 Å². The lowest BCUT2D eigenvalue weighted by atomic mass is 9.98. The van der Waals surface area contributed by atoms with E-state index in [1.807, 2.05) is 17.8 Å². The molecular formula is C23H26FN5OS. The van der Waals surface area contributed by atoms with Gasteiger partial charge in [-0.2, -0.15) is 0 Å². The highest BCUT2D eigenvalue weighted by Crippen LogP contribution is 2.31. The predicted molar refractivity (Wildman–Crippen MR) is 122 cm³/mol. The SMILES string of the molecule is CCc1cnc(N2CCC(c3nc(COc4ccc(C=NC)cc4F)cs3)CC2)nc1. The fourth-order valence-corrected chi connectivity index (χ4v) is 4.59. The molecule has 0 amide bonds. The number of piperidine rings is 1. The normalized spacial score (nSPS) is 15.0. The summed E-state index contributed by atoms with van der Waals surface area (Å²) in [5.41, 5.74) is 2.70. The molecule has 4 rings (SSSR count). The van der Waals surface area contributed by atoms with Gasteiger partial charge in [-0.3, -0.25) is 4.99 Å². The zero-order valence-electron chi connectivity index (χ0n) is 17.8. The first-order valence-electron chi connectivity index (χ1n) is 10.5. The molecule has 0 radical (unpaired) electrons. The zero-order valence-corrected chi connectivity index (χ0v) is 18.6. The molecule has 0 spiro atoms. The molecular weight excluding hydrogens is 413 g/mol. The van der Waals surface area contributed by atoms with Crippen LogP contribution in [0.5, 0.6) is 5.75 Å². The second kappa shape index (κ2) is 9.96. The Labute approximate surface area is 185 Å². The first-order valence-corrected chi connectivity index (χ1v) is 11.4. The molecule has 1 aliphatic rings. The maximum Gasteiger partial charge on any atom is 0.225 e. The summed E-state index contributed by atoms with van der Waals surface area (Å²) in [5, 5.41) is 3.13. The molecule has 1 saturated heterocycles. The third-order valence-electron chi connectivity index (χ3n) is 5.41. The molecule has 3 heterocycles. The molecule has 0 N–H and O–H groups in total. The highest BCUT2D eigenvalue weighted by Gasteiger charge is 2.24. The number of halogens is 1. The summed E-state index contributed by atoms with van der Waals surface area (Å²) in [4.78, 5) is 19.9. The van der Waals surface area contributed by atoms with Crippen molar-refractivity contribution in [2.75, 3.05) is 25.0 Å². The Morgan fingerprint density at radius 3 is 2.71 bits per heavy atom. The van der Waals surface area contributed by atoms with E-state index in [-0.39, 0.29) is 12.4 Å². The van der Waals surface area contributed by atoms with Crippen molar-refractivity contribution >= 4 is 23.5 Å². The van der Waals surface area contributed by atoms with E-state index in [1.165, 1.54) is 6.07 Å². The Bertz CT molecular complexity index is 1030. The molecule has 1 fully saturated rings. The number of ether oxygens (including phenoxy) is 1. The average molecular weight is 440 g/mol. The fourth-order valence-electron chi connectivity index (χ4n) is 3.61. The lowest BCUT2D eigenvalue weighted by Crippen LogP contribution is -2.34. The molecule has 162 valence electrons. The van der Waals surface area contributed by atoms with Crippen LogP contribution in [0.2, 0.25) is 0 Å². The molecule has 6 nitrogen and oxygen atoms in total. The zero-order chi connectivity index (χ0) is 21.6. The van der Waals surface area contributed by atoms with Crippen LogP contribution >= 0.6 is 11.3 Å².